The molecule has 0 N–H and O–H groups in total. The Bertz CT molecular complexity index is 452. The fourth-order valence-electron chi connectivity index (χ4n) is 2.92. The quantitative estimate of drug-likeness (QED) is 0.505. The van der Waals surface area contributed by atoms with Crippen molar-refractivity contribution in [3.63, 3.8) is 0 Å². The number of hydrogen-bond donors (Lipinski definition) is 0. The van der Waals surface area contributed by atoms with E-state index >= 15 is 0 Å². The van der Waals surface area contributed by atoms with Crippen molar-refractivity contribution in [1.82, 2.24) is 0 Å². The van der Waals surface area contributed by atoms with Gasteiger partial charge in [-0.15, -0.1) is 11.6 Å². The van der Waals surface area contributed by atoms with Gasteiger partial charge in [-0.3, -0.25) is 0 Å². The van der Waals surface area contributed by atoms with Crippen LogP contribution < -0.4 is 0 Å². The maximum atomic E-state index is 5.80. The van der Waals surface area contributed by atoms with Gasteiger partial charge in [-0.05, 0) is 42.7 Å². The lowest BCUT2D eigenvalue weighted by molar-refractivity contribution is 0.456. The van der Waals surface area contributed by atoms with Crippen molar-refractivity contribution in [2.75, 3.05) is 5.88 Å². The fourth-order valence-corrected chi connectivity index (χ4v) is 3.07. The average molecular weight is 301 g/mol. The summed E-state index contributed by atoms with van der Waals surface area (Å²) in [6, 6.07) is 21.8. The molecule has 0 saturated carbocycles. The topological polar surface area (TPSA) is 0 Å². The van der Waals surface area contributed by atoms with Gasteiger partial charge in [0.1, 0.15) is 0 Å². The number of halogens is 1. The third-order valence-corrected chi connectivity index (χ3v) is 4.45. The third kappa shape index (κ3) is 5.21. The van der Waals surface area contributed by atoms with Crippen LogP contribution in [0, 0.1) is 5.92 Å². The summed E-state index contributed by atoms with van der Waals surface area (Å²) in [7, 11) is 0. The Morgan fingerprint density at radius 1 is 0.762 bits per heavy atom. The minimum atomic E-state index is 0.505. The highest BCUT2D eigenvalue weighted by Gasteiger charge is 2.15. The van der Waals surface area contributed by atoms with Crippen molar-refractivity contribution >= 4 is 11.6 Å². The van der Waals surface area contributed by atoms with E-state index in [1.54, 1.807) is 0 Å². The van der Waals surface area contributed by atoms with Crippen LogP contribution in [0.15, 0.2) is 60.7 Å². The number of benzene rings is 2. The smallest absolute Gasteiger partial charge is 0.0223 e. The van der Waals surface area contributed by atoms with Crippen LogP contribution in [-0.4, -0.2) is 5.88 Å². The van der Waals surface area contributed by atoms with E-state index in [0.29, 0.717) is 5.92 Å². The van der Waals surface area contributed by atoms with E-state index in [9.17, 15) is 0 Å². The maximum absolute atomic E-state index is 5.80. The van der Waals surface area contributed by atoms with Gasteiger partial charge in [-0.25, -0.2) is 0 Å². The van der Waals surface area contributed by atoms with E-state index < -0.39 is 0 Å². The van der Waals surface area contributed by atoms with E-state index in [-0.39, 0.29) is 0 Å². The fraction of sp³-hybridized carbons (Fsp3) is 0.400. The Kier molecular flexibility index (Phi) is 6.82. The predicted molar refractivity (Wildman–Crippen MR) is 93.1 cm³/mol. The molecule has 0 aliphatic rings. The van der Waals surface area contributed by atoms with Crippen molar-refractivity contribution in [1.29, 1.82) is 0 Å². The molecule has 21 heavy (non-hydrogen) atoms. The number of rotatable bonds is 8. The second-order valence-corrected chi connectivity index (χ2v) is 6.27. The zero-order valence-corrected chi connectivity index (χ0v) is 13.6. The van der Waals surface area contributed by atoms with Gasteiger partial charge in [-0.1, -0.05) is 67.6 Å². The summed E-state index contributed by atoms with van der Waals surface area (Å²) in [5.74, 6) is 2.04. The van der Waals surface area contributed by atoms with E-state index in [0.717, 1.165) is 18.2 Å². The van der Waals surface area contributed by atoms with Crippen LogP contribution in [-0.2, 0) is 0 Å². The Labute approximate surface area is 134 Å². The van der Waals surface area contributed by atoms with Crippen LogP contribution in [0.5, 0.6) is 0 Å². The summed E-state index contributed by atoms with van der Waals surface area (Å²) in [5.41, 5.74) is 2.85. The van der Waals surface area contributed by atoms with Crippen LogP contribution in [0.2, 0.25) is 0 Å². The molecule has 0 aromatic heterocycles. The Morgan fingerprint density at radius 2 is 1.29 bits per heavy atom. The minimum absolute atomic E-state index is 0.505. The van der Waals surface area contributed by atoms with E-state index in [1.165, 1.54) is 30.4 Å². The van der Waals surface area contributed by atoms with Gasteiger partial charge < -0.3 is 0 Å². The highest BCUT2D eigenvalue weighted by atomic mass is 35.5. The summed E-state index contributed by atoms with van der Waals surface area (Å²) >= 11 is 5.80. The molecule has 0 bridgehead atoms. The largest absolute Gasteiger partial charge is 0.127 e. The summed E-state index contributed by atoms with van der Waals surface area (Å²) in [4.78, 5) is 0. The average Bonchev–Trinajstić information content (AvgIpc) is 2.55. The van der Waals surface area contributed by atoms with Gasteiger partial charge >= 0.3 is 0 Å². The third-order valence-electron chi connectivity index (χ3n) is 4.18. The standard InChI is InChI=1S/C20H25Cl/c1-17(9-8-16-21)14-15-20(18-10-4-2-5-11-18)19-12-6-3-7-13-19/h2-7,10-13,17,20H,8-9,14-16H2,1H3. The van der Waals surface area contributed by atoms with Gasteiger partial charge in [0.25, 0.3) is 0 Å². The van der Waals surface area contributed by atoms with E-state index in [4.69, 9.17) is 11.6 Å². The first-order valence-corrected chi connectivity index (χ1v) is 8.50. The molecule has 2 aromatic carbocycles. The molecule has 0 heterocycles. The highest BCUT2D eigenvalue weighted by molar-refractivity contribution is 6.17. The summed E-state index contributed by atoms with van der Waals surface area (Å²) in [6.07, 6.45) is 4.83. The van der Waals surface area contributed by atoms with E-state index in [1.807, 2.05) is 0 Å². The molecule has 1 unspecified atom stereocenters. The first-order chi connectivity index (χ1) is 10.3. The zero-order valence-electron chi connectivity index (χ0n) is 12.8. The molecule has 0 nitrogen and oxygen atoms in total. The van der Waals surface area contributed by atoms with Crippen LogP contribution in [0.25, 0.3) is 0 Å². The molecule has 0 saturated heterocycles. The molecule has 0 amide bonds. The second kappa shape index (κ2) is 8.89. The molecule has 0 radical (unpaired) electrons. The van der Waals surface area contributed by atoms with Gasteiger partial charge in [-0.2, -0.15) is 0 Å². The summed E-state index contributed by atoms with van der Waals surface area (Å²) in [5, 5.41) is 0. The zero-order chi connectivity index (χ0) is 14.9. The molecule has 2 rings (SSSR count). The van der Waals surface area contributed by atoms with Crippen molar-refractivity contribution in [3.05, 3.63) is 71.8 Å². The molecule has 2 aromatic rings. The van der Waals surface area contributed by atoms with Gasteiger partial charge in [0.15, 0.2) is 0 Å². The first kappa shape index (κ1) is 16.1. The van der Waals surface area contributed by atoms with Gasteiger partial charge in [0.05, 0.1) is 0 Å². The molecular formula is C20H25Cl. The number of alkyl halides is 1. The highest BCUT2D eigenvalue weighted by Crippen LogP contribution is 2.31. The monoisotopic (exact) mass is 300 g/mol. The predicted octanol–water partition coefficient (Wildman–Crippen LogP) is 6.25. The van der Waals surface area contributed by atoms with Crippen LogP contribution in [0.4, 0.5) is 0 Å². The van der Waals surface area contributed by atoms with Crippen molar-refractivity contribution in [2.45, 2.75) is 38.5 Å². The van der Waals surface area contributed by atoms with Crippen molar-refractivity contribution < 1.29 is 0 Å². The van der Waals surface area contributed by atoms with E-state index in [2.05, 4.69) is 67.6 Å². The number of hydrogen-bond acceptors (Lipinski definition) is 0. The lowest BCUT2D eigenvalue weighted by Gasteiger charge is -2.20. The second-order valence-electron chi connectivity index (χ2n) is 5.89. The molecule has 0 fully saturated rings. The lowest BCUT2D eigenvalue weighted by atomic mass is 9.85. The normalized spacial score (nSPS) is 12.5. The SMILES string of the molecule is CC(CCCCl)CCC(c1ccccc1)c1ccccc1. The maximum Gasteiger partial charge on any atom is 0.0223 e. The molecule has 1 atom stereocenters. The van der Waals surface area contributed by atoms with Crippen LogP contribution in [0.3, 0.4) is 0 Å². The lowest BCUT2D eigenvalue weighted by Crippen LogP contribution is -2.04. The molecule has 0 aliphatic heterocycles. The van der Waals surface area contributed by atoms with Crippen molar-refractivity contribution in [2.24, 2.45) is 5.92 Å². The Hall–Kier alpha value is -1.27. The van der Waals surface area contributed by atoms with Crippen LogP contribution in [0.1, 0.15) is 49.7 Å². The molecule has 0 spiro atoms. The Morgan fingerprint density at radius 3 is 1.76 bits per heavy atom. The minimum Gasteiger partial charge on any atom is -0.127 e. The Balaban J connectivity index is 2.07. The molecule has 112 valence electrons. The first-order valence-electron chi connectivity index (χ1n) is 7.97. The molecule has 1 heteroatoms. The van der Waals surface area contributed by atoms with Crippen LogP contribution >= 0.6 is 11.6 Å². The molecular weight excluding hydrogens is 276 g/mol. The van der Waals surface area contributed by atoms with Gasteiger partial charge in [0, 0.05) is 11.8 Å². The molecule has 0 aliphatic carbocycles. The van der Waals surface area contributed by atoms with Crippen molar-refractivity contribution in [3.8, 4) is 0 Å². The summed E-state index contributed by atoms with van der Waals surface area (Å²) in [6.45, 7) is 2.35. The summed E-state index contributed by atoms with van der Waals surface area (Å²) < 4.78 is 0. The van der Waals surface area contributed by atoms with Gasteiger partial charge in [0.2, 0.25) is 0 Å².